The summed E-state index contributed by atoms with van der Waals surface area (Å²) >= 11 is 0. The van der Waals surface area contributed by atoms with Crippen molar-refractivity contribution in [3.05, 3.63) is 29.8 Å². The number of piperidine rings is 1. The Morgan fingerprint density at radius 3 is 2.77 bits per heavy atom. The van der Waals surface area contributed by atoms with E-state index in [4.69, 9.17) is 10.5 Å². The van der Waals surface area contributed by atoms with Crippen molar-refractivity contribution in [3.63, 3.8) is 0 Å². The fourth-order valence-corrected chi connectivity index (χ4v) is 2.46. The van der Waals surface area contributed by atoms with E-state index in [0.717, 1.165) is 43.9 Å². The maximum atomic E-state index is 6.08. The molecule has 0 aromatic heterocycles. The van der Waals surface area contributed by atoms with Crippen molar-refractivity contribution in [2.24, 2.45) is 10.7 Å². The number of ether oxygens (including phenoxy) is 1. The fraction of sp³-hybridized carbons (Fsp3) is 0.588. The second kappa shape index (κ2) is 10.7. The highest BCUT2D eigenvalue weighted by Gasteiger charge is 2.11. The van der Waals surface area contributed by atoms with Crippen LogP contribution in [0.4, 0.5) is 0 Å². The predicted octanol–water partition coefficient (Wildman–Crippen LogP) is 3.78. The first kappa shape index (κ1) is 19.1. The highest BCUT2D eigenvalue weighted by atomic mass is 127. The number of rotatable bonds is 6. The normalized spacial score (nSPS) is 15.3. The zero-order valence-electron chi connectivity index (χ0n) is 13.5. The second-order valence-corrected chi connectivity index (χ2v) is 5.57. The topological polar surface area (TPSA) is 50.9 Å². The molecule has 0 bridgehead atoms. The van der Waals surface area contributed by atoms with Gasteiger partial charge >= 0.3 is 0 Å². The lowest BCUT2D eigenvalue weighted by Crippen LogP contribution is -2.40. The summed E-state index contributed by atoms with van der Waals surface area (Å²) in [7, 11) is 0. The number of aliphatic imine (C=N–C) groups is 1. The quantitative estimate of drug-likeness (QED) is 0.332. The van der Waals surface area contributed by atoms with Gasteiger partial charge < -0.3 is 15.4 Å². The van der Waals surface area contributed by atoms with Gasteiger partial charge in [0.25, 0.3) is 0 Å². The van der Waals surface area contributed by atoms with Crippen LogP contribution in [0, 0.1) is 0 Å². The summed E-state index contributed by atoms with van der Waals surface area (Å²) in [5.74, 6) is 1.60. The van der Waals surface area contributed by atoms with Crippen molar-refractivity contribution in [2.75, 3.05) is 19.7 Å². The third-order valence-corrected chi connectivity index (χ3v) is 3.77. The summed E-state index contributed by atoms with van der Waals surface area (Å²) < 4.78 is 5.72. The lowest BCUT2D eigenvalue weighted by Gasteiger charge is -2.27. The molecule has 0 atom stereocenters. The van der Waals surface area contributed by atoms with E-state index in [1.807, 2.05) is 12.1 Å². The van der Waals surface area contributed by atoms with Crippen molar-refractivity contribution in [3.8, 4) is 5.75 Å². The van der Waals surface area contributed by atoms with Gasteiger partial charge in [-0.15, -0.1) is 24.0 Å². The third-order valence-electron chi connectivity index (χ3n) is 3.77. The van der Waals surface area contributed by atoms with E-state index < -0.39 is 0 Å². The Kier molecular flexibility index (Phi) is 9.27. The molecule has 2 rings (SSSR count). The number of hydrogen-bond donors (Lipinski definition) is 1. The van der Waals surface area contributed by atoms with Crippen molar-refractivity contribution in [1.29, 1.82) is 0 Å². The molecule has 0 saturated carbocycles. The van der Waals surface area contributed by atoms with Crippen molar-refractivity contribution in [1.82, 2.24) is 4.90 Å². The highest BCUT2D eigenvalue weighted by Crippen LogP contribution is 2.15. The molecule has 4 nitrogen and oxygen atoms in total. The molecule has 5 heteroatoms. The van der Waals surface area contributed by atoms with Gasteiger partial charge in [-0.3, -0.25) is 0 Å². The first-order valence-corrected chi connectivity index (χ1v) is 8.06. The molecular weight excluding hydrogens is 389 g/mol. The van der Waals surface area contributed by atoms with Crippen LogP contribution in [0.25, 0.3) is 0 Å². The Hall–Kier alpha value is -0.980. The minimum absolute atomic E-state index is 0. The number of nitrogens with zero attached hydrogens (tertiary/aromatic N) is 2. The highest BCUT2D eigenvalue weighted by molar-refractivity contribution is 14.0. The molecule has 0 radical (unpaired) electrons. The Morgan fingerprint density at radius 1 is 1.27 bits per heavy atom. The summed E-state index contributed by atoms with van der Waals surface area (Å²) in [4.78, 5) is 6.71. The number of hydrogen-bond acceptors (Lipinski definition) is 2. The summed E-state index contributed by atoms with van der Waals surface area (Å²) in [6.45, 7) is 5.63. The van der Waals surface area contributed by atoms with Gasteiger partial charge in [0.2, 0.25) is 0 Å². The van der Waals surface area contributed by atoms with Gasteiger partial charge in [-0.25, -0.2) is 4.99 Å². The van der Waals surface area contributed by atoms with Crippen molar-refractivity contribution in [2.45, 2.75) is 45.6 Å². The van der Waals surface area contributed by atoms with E-state index in [9.17, 15) is 0 Å². The zero-order chi connectivity index (χ0) is 14.9. The first-order chi connectivity index (χ1) is 10.3. The molecule has 1 aromatic rings. The van der Waals surface area contributed by atoms with E-state index in [-0.39, 0.29) is 24.0 Å². The summed E-state index contributed by atoms with van der Waals surface area (Å²) in [5, 5.41) is 0. The second-order valence-electron chi connectivity index (χ2n) is 5.57. The van der Waals surface area contributed by atoms with Crippen LogP contribution in [-0.4, -0.2) is 30.6 Å². The molecule has 0 aliphatic carbocycles. The standard InChI is InChI=1S/C17H27N3O.HI/c1-2-3-12-21-16-9-7-8-15(13-16)14-19-17(18)20-10-5-4-6-11-20;/h7-9,13H,2-6,10-12,14H2,1H3,(H2,18,19);1H. The van der Waals surface area contributed by atoms with Crippen molar-refractivity contribution >= 4 is 29.9 Å². The van der Waals surface area contributed by atoms with Gasteiger partial charge in [-0.1, -0.05) is 25.5 Å². The Labute approximate surface area is 151 Å². The van der Waals surface area contributed by atoms with Crippen LogP contribution in [0.1, 0.15) is 44.6 Å². The number of unbranched alkanes of at least 4 members (excludes halogenated alkanes) is 1. The molecule has 0 unspecified atom stereocenters. The molecule has 1 saturated heterocycles. The van der Waals surface area contributed by atoms with Crippen LogP contribution in [0.5, 0.6) is 5.75 Å². The maximum Gasteiger partial charge on any atom is 0.191 e. The van der Waals surface area contributed by atoms with Gasteiger partial charge in [0.1, 0.15) is 5.75 Å². The first-order valence-electron chi connectivity index (χ1n) is 8.06. The Bertz CT molecular complexity index is 459. The van der Waals surface area contributed by atoms with Gasteiger partial charge in [0.15, 0.2) is 5.96 Å². The fourth-order valence-electron chi connectivity index (χ4n) is 2.46. The van der Waals surface area contributed by atoms with E-state index >= 15 is 0 Å². The van der Waals surface area contributed by atoms with E-state index in [1.165, 1.54) is 19.3 Å². The summed E-state index contributed by atoms with van der Waals surface area (Å²) in [6.07, 6.45) is 5.98. The average Bonchev–Trinajstić information content (AvgIpc) is 2.54. The lowest BCUT2D eigenvalue weighted by atomic mass is 10.1. The molecule has 124 valence electrons. The molecule has 1 aliphatic rings. The molecular formula is C17H28IN3O. The van der Waals surface area contributed by atoms with Crippen LogP contribution in [0.2, 0.25) is 0 Å². The van der Waals surface area contributed by atoms with Crippen LogP contribution in [0.3, 0.4) is 0 Å². The molecule has 1 fully saturated rings. The SMILES string of the molecule is CCCCOc1cccc(CN=C(N)N2CCCCC2)c1.I. The zero-order valence-corrected chi connectivity index (χ0v) is 15.8. The summed E-state index contributed by atoms with van der Waals surface area (Å²) in [6, 6.07) is 8.14. The van der Waals surface area contributed by atoms with Crippen LogP contribution >= 0.6 is 24.0 Å². The Morgan fingerprint density at radius 2 is 2.05 bits per heavy atom. The predicted molar refractivity (Wildman–Crippen MR) is 103 cm³/mol. The van der Waals surface area contributed by atoms with Crippen LogP contribution in [0.15, 0.2) is 29.3 Å². The molecule has 1 aliphatic heterocycles. The van der Waals surface area contributed by atoms with Crippen LogP contribution in [-0.2, 0) is 6.54 Å². The lowest BCUT2D eigenvalue weighted by molar-refractivity contribution is 0.309. The molecule has 0 amide bonds. The molecule has 1 aromatic carbocycles. The van der Waals surface area contributed by atoms with E-state index in [2.05, 4.69) is 28.9 Å². The molecule has 1 heterocycles. The summed E-state index contributed by atoms with van der Waals surface area (Å²) in [5.41, 5.74) is 7.22. The number of guanidine groups is 1. The maximum absolute atomic E-state index is 6.08. The molecule has 2 N–H and O–H groups in total. The Balaban J connectivity index is 0.00000242. The number of likely N-dealkylation sites (tertiary alicyclic amines) is 1. The number of benzene rings is 1. The minimum atomic E-state index is 0. The van der Waals surface area contributed by atoms with Gasteiger partial charge in [0.05, 0.1) is 13.2 Å². The van der Waals surface area contributed by atoms with Gasteiger partial charge in [-0.2, -0.15) is 0 Å². The minimum Gasteiger partial charge on any atom is -0.494 e. The number of halogens is 1. The van der Waals surface area contributed by atoms with Gasteiger partial charge in [-0.05, 0) is 43.4 Å². The van der Waals surface area contributed by atoms with Gasteiger partial charge in [0, 0.05) is 13.1 Å². The number of nitrogens with two attached hydrogens (primary N) is 1. The largest absolute Gasteiger partial charge is 0.494 e. The van der Waals surface area contributed by atoms with E-state index in [1.54, 1.807) is 0 Å². The van der Waals surface area contributed by atoms with E-state index in [0.29, 0.717) is 12.5 Å². The third kappa shape index (κ3) is 6.42. The average molecular weight is 417 g/mol. The monoisotopic (exact) mass is 417 g/mol. The van der Waals surface area contributed by atoms with Crippen LogP contribution < -0.4 is 10.5 Å². The molecule has 0 spiro atoms. The van der Waals surface area contributed by atoms with Crippen molar-refractivity contribution < 1.29 is 4.74 Å². The molecule has 22 heavy (non-hydrogen) atoms. The smallest absolute Gasteiger partial charge is 0.191 e.